The Morgan fingerprint density at radius 3 is 3.11 bits per heavy atom. The molecule has 0 saturated carbocycles. The van der Waals surface area contributed by atoms with Gasteiger partial charge in [-0.2, -0.15) is 0 Å². The smallest absolute Gasteiger partial charge is 0.231 e. The van der Waals surface area contributed by atoms with E-state index in [9.17, 15) is 4.79 Å². The molecule has 0 unspecified atom stereocenters. The third kappa shape index (κ3) is 2.34. The number of fused-ring (bicyclic) bond motifs is 1. The summed E-state index contributed by atoms with van der Waals surface area (Å²) in [6, 6.07) is 5.26. The van der Waals surface area contributed by atoms with E-state index >= 15 is 0 Å². The van der Waals surface area contributed by atoms with E-state index in [0.717, 1.165) is 4.34 Å². The molecule has 1 aliphatic rings. The van der Waals surface area contributed by atoms with Crippen molar-refractivity contribution in [2.45, 2.75) is 4.34 Å². The molecule has 2 heterocycles. The van der Waals surface area contributed by atoms with Crippen LogP contribution in [-0.4, -0.2) is 23.3 Å². The summed E-state index contributed by atoms with van der Waals surface area (Å²) in [5.41, 5.74) is 0.642. The number of rotatable bonds is 4. The van der Waals surface area contributed by atoms with Gasteiger partial charge in [0.2, 0.25) is 6.79 Å². The molecule has 6 heteroatoms. The molecule has 1 aromatic carbocycles. The summed E-state index contributed by atoms with van der Waals surface area (Å²) in [6.07, 6.45) is 1.73. The molecule has 0 spiro atoms. The van der Waals surface area contributed by atoms with E-state index in [4.69, 9.17) is 9.47 Å². The molecular formula is C12H9NO3S2. The quantitative estimate of drug-likeness (QED) is 0.636. The van der Waals surface area contributed by atoms with Crippen molar-refractivity contribution < 1.29 is 14.3 Å². The largest absolute Gasteiger partial charge is 0.454 e. The van der Waals surface area contributed by atoms with E-state index in [1.165, 1.54) is 23.1 Å². The molecule has 0 N–H and O–H groups in total. The summed E-state index contributed by atoms with van der Waals surface area (Å²) in [7, 11) is 0. The van der Waals surface area contributed by atoms with Gasteiger partial charge in [0.15, 0.2) is 17.3 Å². The Bertz CT molecular complexity index is 569. The zero-order valence-electron chi connectivity index (χ0n) is 9.29. The fraction of sp³-hybridized carbons (Fsp3) is 0.167. The first kappa shape index (κ1) is 11.6. The SMILES string of the molecule is O=C(CSc1nccs1)c1ccc2c(c1)OCO2. The van der Waals surface area contributed by atoms with E-state index in [0.29, 0.717) is 22.8 Å². The maximum atomic E-state index is 12.0. The Morgan fingerprint density at radius 1 is 1.39 bits per heavy atom. The third-order valence-corrected chi connectivity index (χ3v) is 4.40. The van der Waals surface area contributed by atoms with Crippen molar-refractivity contribution in [3.8, 4) is 11.5 Å². The van der Waals surface area contributed by atoms with Gasteiger partial charge >= 0.3 is 0 Å². The second kappa shape index (κ2) is 4.99. The normalized spacial score (nSPS) is 12.7. The minimum Gasteiger partial charge on any atom is -0.454 e. The monoisotopic (exact) mass is 279 g/mol. The highest BCUT2D eigenvalue weighted by atomic mass is 32.2. The maximum Gasteiger partial charge on any atom is 0.231 e. The van der Waals surface area contributed by atoms with E-state index in [1.807, 2.05) is 5.38 Å². The van der Waals surface area contributed by atoms with Crippen LogP contribution in [0.5, 0.6) is 11.5 Å². The number of Topliss-reactive ketones (excluding diaryl/α,β-unsaturated/α-hetero) is 1. The van der Waals surface area contributed by atoms with Gasteiger partial charge in [-0.3, -0.25) is 4.79 Å². The molecule has 0 saturated heterocycles. The Morgan fingerprint density at radius 2 is 2.28 bits per heavy atom. The first-order valence-corrected chi connectivity index (χ1v) is 7.14. The highest BCUT2D eigenvalue weighted by Gasteiger charge is 2.16. The van der Waals surface area contributed by atoms with Crippen LogP contribution in [0.3, 0.4) is 0 Å². The van der Waals surface area contributed by atoms with Gasteiger partial charge in [0.05, 0.1) is 5.75 Å². The van der Waals surface area contributed by atoms with Crippen LogP contribution in [0.2, 0.25) is 0 Å². The lowest BCUT2D eigenvalue weighted by Crippen LogP contribution is -2.02. The zero-order valence-corrected chi connectivity index (χ0v) is 10.9. The molecule has 1 aromatic heterocycles. The number of hydrogen-bond donors (Lipinski definition) is 0. The van der Waals surface area contributed by atoms with Gasteiger partial charge in [-0.1, -0.05) is 11.8 Å². The first-order valence-electron chi connectivity index (χ1n) is 5.28. The van der Waals surface area contributed by atoms with Crippen molar-refractivity contribution in [1.29, 1.82) is 0 Å². The fourth-order valence-electron chi connectivity index (χ4n) is 1.56. The topological polar surface area (TPSA) is 48.4 Å². The lowest BCUT2D eigenvalue weighted by molar-refractivity contribution is 0.102. The molecule has 1 aliphatic heterocycles. The number of thiazole rings is 1. The van der Waals surface area contributed by atoms with Gasteiger partial charge in [-0.15, -0.1) is 11.3 Å². The third-order valence-electron chi connectivity index (χ3n) is 2.43. The molecule has 92 valence electrons. The first-order chi connectivity index (χ1) is 8.83. The van der Waals surface area contributed by atoms with Crippen molar-refractivity contribution in [3.05, 3.63) is 35.3 Å². The molecule has 0 bridgehead atoms. The number of nitrogens with zero attached hydrogens (tertiary/aromatic N) is 1. The summed E-state index contributed by atoms with van der Waals surface area (Å²) in [5, 5.41) is 1.90. The Hall–Kier alpha value is -1.53. The average molecular weight is 279 g/mol. The molecular weight excluding hydrogens is 270 g/mol. The average Bonchev–Trinajstić information content (AvgIpc) is 3.05. The van der Waals surface area contributed by atoms with Crippen LogP contribution in [-0.2, 0) is 0 Å². The van der Waals surface area contributed by atoms with Crippen LogP contribution in [0.4, 0.5) is 0 Å². The Balaban J connectivity index is 1.69. The van der Waals surface area contributed by atoms with Gasteiger partial charge in [0.1, 0.15) is 4.34 Å². The Kier molecular flexibility index (Phi) is 3.21. The van der Waals surface area contributed by atoms with Crippen LogP contribution in [0, 0.1) is 0 Å². The molecule has 0 amide bonds. The molecule has 3 rings (SSSR count). The Labute approximate surface area is 112 Å². The van der Waals surface area contributed by atoms with E-state index in [1.54, 1.807) is 24.4 Å². The highest BCUT2D eigenvalue weighted by molar-refractivity contribution is 8.01. The number of hydrogen-bond acceptors (Lipinski definition) is 6. The van der Waals surface area contributed by atoms with Crippen LogP contribution < -0.4 is 9.47 Å². The predicted molar refractivity (Wildman–Crippen MR) is 69.7 cm³/mol. The number of ketones is 1. The molecule has 18 heavy (non-hydrogen) atoms. The van der Waals surface area contributed by atoms with Gasteiger partial charge < -0.3 is 9.47 Å². The molecule has 2 aromatic rings. The summed E-state index contributed by atoms with van der Waals surface area (Å²) in [4.78, 5) is 16.1. The standard InChI is InChI=1S/C12H9NO3S2/c14-9(6-18-12-13-3-4-17-12)8-1-2-10-11(5-8)16-7-15-10/h1-5H,6-7H2. The second-order valence-corrected chi connectivity index (χ2v) is 5.69. The van der Waals surface area contributed by atoms with E-state index < -0.39 is 0 Å². The predicted octanol–water partition coefficient (Wildman–Crippen LogP) is 2.85. The number of ether oxygens (including phenoxy) is 2. The highest BCUT2D eigenvalue weighted by Crippen LogP contribution is 2.33. The summed E-state index contributed by atoms with van der Waals surface area (Å²) < 4.78 is 11.4. The summed E-state index contributed by atoms with van der Waals surface area (Å²) in [5.74, 6) is 1.78. The number of aromatic nitrogens is 1. The number of carbonyl (C=O) groups excluding carboxylic acids is 1. The maximum absolute atomic E-state index is 12.0. The molecule has 4 nitrogen and oxygen atoms in total. The zero-order chi connectivity index (χ0) is 12.4. The molecule has 0 atom stereocenters. The van der Waals surface area contributed by atoms with E-state index in [2.05, 4.69) is 4.98 Å². The van der Waals surface area contributed by atoms with Crippen LogP contribution >= 0.6 is 23.1 Å². The van der Waals surface area contributed by atoms with Gasteiger partial charge in [-0.05, 0) is 18.2 Å². The van der Waals surface area contributed by atoms with Crippen molar-refractivity contribution in [3.63, 3.8) is 0 Å². The lowest BCUT2D eigenvalue weighted by Gasteiger charge is -2.01. The van der Waals surface area contributed by atoms with Crippen molar-refractivity contribution in [1.82, 2.24) is 4.98 Å². The fourth-order valence-corrected chi connectivity index (χ4v) is 3.09. The second-order valence-electron chi connectivity index (χ2n) is 3.58. The molecule has 0 aliphatic carbocycles. The number of thioether (sulfide) groups is 1. The minimum absolute atomic E-state index is 0.0634. The van der Waals surface area contributed by atoms with E-state index in [-0.39, 0.29) is 12.6 Å². The van der Waals surface area contributed by atoms with Crippen LogP contribution in [0.1, 0.15) is 10.4 Å². The summed E-state index contributed by atoms with van der Waals surface area (Å²) >= 11 is 2.98. The van der Waals surface area contributed by atoms with Crippen LogP contribution in [0.15, 0.2) is 34.1 Å². The molecule has 0 fully saturated rings. The van der Waals surface area contributed by atoms with Crippen molar-refractivity contribution in [2.24, 2.45) is 0 Å². The number of carbonyl (C=O) groups is 1. The van der Waals surface area contributed by atoms with Gasteiger partial charge in [0, 0.05) is 17.1 Å². The summed E-state index contributed by atoms with van der Waals surface area (Å²) in [6.45, 7) is 0.223. The minimum atomic E-state index is 0.0634. The van der Waals surface area contributed by atoms with Crippen molar-refractivity contribution in [2.75, 3.05) is 12.5 Å². The van der Waals surface area contributed by atoms with Crippen molar-refractivity contribution >= 4 is 28.9 Å². The van der Waals surface area contributed by atoms with Gasteiger partial charge in [-0.25, -0.2) is 4.98 Å². The number of benzene rings is 1. The van der Waals surface area contributed by atoms with Crippen LogP contribution in [0.25, 0.3) is 0 Å². The van der Waals surface area contributed by atoms with Gasteiger partial charge in [0.25, 0.3) is 0 Å². The molecule has 0 radical (unpaired) electrons. The lowest BCUT2D eigenvalue weighted by atomic mass is 10.1.